The van der Waals surface area contributed by atoms with E-state index < -0.39 is 5.54 Å². The largest absolute Gasteiger partial charge is 0.493 e. The number of rotatable bonds is 4. The van der Waals surface area contributed by atoms with Crippen LogP contribution in [0.1, 0.15) is 37.7 Å². The zero-order valence-electron chi connectivity index (χ0n) is 16.4. The van der Waals surface area contributed by atoms with Gasteiger partial charge in [-0.15, -0.1) is 0 Å². The summed E-state index contributed by atoms with van der Waals surface area (Å²) in [5.41, 5.74) is 0.342. The highest BCUT2D eigenvalue weighted by Gasteiger charge is 2.58. The van der Waals surface area contributed by atoms with Gasteiger partial charge < -0.3 is 24.3 Å². The Labute approximate surface area is 168 Å². The molecule has 5 aliphatic rings. The van der Waals surface area contributed by atoms with E-state index in [0.29, 0.717) is 32.5 Å². The number of carbonyl (C=O) groups excluding carboxylic acids is 2. The molecule has 4 fully saturated rings. The Bertz CT molecular complexity index is 899. The molecule has 154 valence electrons. The van der Waals surface area contributed by atoms with Crippen molar-refractivity contribution in [1.82, 2.24) is 10.2 Å². The summed E-state index contributed by atoms with van der Waals surface area (Å²) >= 11 is 0. The summed E-state index contributed by atoms with van der Waals surface area (Å²) in [7, 11) is 1.65. The van der Waals surface area contributed by atoms with Crippen LogP contribution in [0.15, 0.2) is 12.1 Å². The molecule has 0 bridgehead atoms. The predicted molar refractivity (Wildman–Crippen MR) is 100 cm³/mol. The zero-order valence-corrected chi connectivity index (χ0v) is 16.4. The van der Waals surface area contributed by atoms with Crippen LogP contribution >= 0.6 is 0 Å². The number of hydrogen-bond acceptors (Lipinski definition) is 6. The second kappa shape index (κ2) is 5.78. The molecule has 1 aromatic carbocycles. The van der Waals surface area contributed by atoms with Crippen LogP contribution in [-0.4, -0.2) is 61.5 Å². The van der Waals surface area contributed by atoms with Crippen molar-refractivity contribution in [2.75, 3.05) is 26.9 Å². The highest BCUT2D eigenvalue weighted by molar-refractivity contribution is 6.07. The summed E-state index contributed by atoms with van der Waals surface area (Å²) in [5.74, 6) is 2.23. The number of amides is 3. The minimum absolute atomic E-state index is 0.0223. The molecule has 3 aliphatic heterocycles. The van der Waals surface area contributed by atoms with Crippen LogP contribution < -0.4 is 19.5 Å². The Balaban J connectivity index is 1.17. The van der Waals surface area contributed by atoms with E-state index in [1.54, 1.807) is 7.11 Å². The molecule has 29 heavy (non-hydrogen) atoms. The summed E-state index contributed by atoms with van der Waals surface area (Å²) in [6, 6.07) is 3.41. The molecule has 6 rings (SSSR count). The minimum atomic E-state index is -0.852. The standard InChI is InChI=1S/C21H24N2O6/c1-26-15-3-2-14(16-17(15)28-10-20(16)4-5-20)29-13-8-12(9-13)23-18(24)21(22-19(23)25)6-7-27-11-21/h2-3,12-13H,4-11H2,1H3,(H,22,25)/t12?,13?,21-/m0/s1. The van der Waals surface area contributed by atoms with Gasteiger partial charge in [0.25, 0.3) is 5.91 Å². The van der Waals surface area contributed by atoms with Crippen molar-refractivity contribution in [3.63, 3.8) is 0 Å². The molecular formula is C21H24N2O6. The third-order valence-electron chi connectivity index (χ3n) is 7.12. The van der Waals surface area contributed by atoms with E-state index in [1.165, 1.54) is 4.90 Å². The number of benzene rings is 1. The summed E-state index contributed by atoms with van der Waals surface area (Å²) in [6.45, 7) is 1.45. The van der Waals surface area contributed by atoms with Crippen LogP contribution in [0.3, 0.4) is 0 Å². The molecule has 1 N–H and O–H groups in total. The fraction of sp³-hybridized carbons (Fsp3) is 0.619. The van der Waals surface area contributed by atoms with Crippen LogP contribution in [0.4, 0.5) is 4.79 Å². The lowest BCUT2D eigenvalue weighted by Gasteiger charge is -2.40. The van der Waals surface area contributed by atoms with Gasteiger partial charge in [0.05, 0.1) is 20.3 Å². The van der Waals surface area contributed by atoms with E-state index in [0.717, 1.165) is 35.7 Å². The molecule has 8 nitrogen and oxygen atoms in total. The number of nitrogens with one attached hydrogen (secondary N) is 1. The minimum Gasteiger partial charge on any atom is -0.493 e. The van der Waals surface area contributed by atoms with Crippen molar-refractivity contribution in [1.29, 1.82) is 0 Å². The molecule has 2 saturated heterocycles. The normalized spacial score (nSPS) is 33.5. The first-order valence-electron chi connectivity index (χ1n) is 10.3. The molecule has 0 aromatic heterocycles. The number of imide groups is 1. The van der Waals surface area contributed by atoms with Crippen LogP contribution in [0.2, 0.25) is 0 Å². The van der Waals surface area contributed by atoms with Gasteiger partial charge in [-0.2, -0.15) is 0 Å². The van der Waals surface area contributed by atoms with Crippen molar-refractivity contribution in [3.8, 4) is 17.2 Å². The maximum atomic E-state index is 12.8. The molecule has 2 saturated carbocycles. The van der Waals surface area contributed by atoms with E-state index in [-0.39, 0.29) is 36.1 Å². The molecule has 1 atom stereocenters. The third kappa shape index (κ3) is 2.35. The first-order valence-corrected chi connectivity index (χ1v) is 10.3. The maximum Gasteiger partial charge on any atom is 0.325 e. The lowest BCUT2D eigenvalue weighted by molar-refractivity contribution is -0.135. The SMILES string of the molecule is COc1ccc(OC2CC(N3C(=O)N[C@]4(CCOC4)C3=O)C2)c2c1OCC21CC1. The van der Waals surface area contributed by atoms with E-state index in [4.69, 9.17) is 18.9 Å². The molecule has 0 radical (unpaired) electrons. The van der Waals surface area contributed by atoms with Crippen LogP contribution in [0.25, 0.3) is 0 Å². The highest BCUT2D eigenvalue weighted by Crippen LogP contribution is 2.61. The summed E-state index contributed by atoms with van der Waals surface area (Å²) in [4.78, 5) is 26.7. The monoisotopic (exact) mass is 400 g/mol. The van der Waals surface area contributed by atoms with Crippen molar-refractivity contribution in [2.45, 2.75) is 55.2 Å². The topological polar surface area (TPSA) is 86.3 Å². The predicted octanol–water partition coefficient (Wildman–Crippen LogP) is 1.74. The van der Waals surface area contributed by atoms with Gasteiger partial charge in [-0.3, -0.25) is 9.69 Å². The van der Waals surface area contributed by atoms with Crippen molar-refractivity contribution in [2.24, 2.45) is 0 Å². The Hall–Kier alpha value is -2.48. The van der Waals surface area contributed by atoms with Gasteiger partial charge in [-0.1, -0.05) is 0 Å². The number of urea groups is 1. The first-order chi connectivity index (χ1) is 14.1. The van der Waals surface area contributed by atoms with Gasteiger partial charge in [0.2, 0.25) is 0 Å². The Kier molecular flexibility index (Phi) is 3.47. The van der Waals surface area contributed by atoms with Gasteiger partial charge in [-0.05, 0) is 25.0 Å². The molecule has 3 heterocycles. The van der Waals surface area contributed by atoms with Gasteiger partial charge in [-0.25, -0.2) is 4.79 Å². The lowest BCUT2D eigenvalue weighted by atomic mass is 9.86. The zero-order chi connectivity index (χ0) is 19.8. The van der Waals surface area contributed by atoms with Crippen LogP contribution in [-0.2, 0) is 14.9 Å². The second-order valence-electron chi connectivity index (χ2n) is 8.89. The number of nitrogens with zero attached hydrogens (tertiary/aromatic N) is 1. The Morgan fingerprint density at radius 2 is 1.93 bits per heavy atom. The summed E-state index contributed by atoms with van der Waals surface area (Å²) in [5, 5.41) is 2.85. The van der Waals surface area contributed by atoms with E-state index in [9.17, 15) is 9.59 Å². The van der Waals surface area contributed by atoms with E-state index >= 15 is 0 Å². The average molecular weight is 400 g/mol. The van der Waals surface area contributed by atoms with E-state index in [1.807, 2.05) is 12.1 Å². The average Bonchev–Trinajstić information content (AvgIpc) is 3.02. The molecular weight excluding hydrogens is 376 g/mol. The molecule has 0 unspecified atom stereocenters. The van der Waals surface area contributed by atoms with Gasteiger partial charge >= 0.3 is 6.03 Å². The number of fused-ring (bicyclic) bond motifs is 2. The van der Waals surface area contributed by atoms with Gasteiger partial charge in [0.1, 0.15) is 17.4 Å². The number of methoxy groups -OCH3 is 1. The number of hydrogen-bond donors (Lipinski definition) is 1. The smallest absolute Gasteiger partial charge is 0.325 e. The Morgan fingerprint density at radius 3 is 2.62 bits per heavy atom. The molecule has 8 heteroatoms. The van der Waals surface area contributed by atoms with E-state index in [2.05, 4.69) is 5.32 Å². The van der Waals surface area contributed by atoms with Gasteiger partial charge in [0.15, 0.2) is 11.5 Å². The molecule has 1 aromatic rings. The second-order valence-corrected chi connectivity index (χ2v) is 8.89. The van der Waals surface area contributed by atoms with Crippen molar-refractivity contribution >= 4 is 11.9 Å². The fourth-order valence-electron chi connectivity index (χ4n) is 5.11. The quantitative estimate of drug-likeness (QED) is 0.775. The molecule has 2 spiro atoms. The Morgan fingerprint density at radius 1 is 1.14 bits per heavy atom. The van der Waals surface area contributed by atoms with Crippen molar-refractivity contribution in [3.05, 3.63) is 17.7 Å². The third-order valence-corrected chi connectivity index (χ3v) is 7.12. The molecule has 2 aliphatic carbocycles. The van der Waals surface area contributed by atoms with Crippen LogP contribution in [0, 0.1) is 0 Å². The lowest BCUT2D eigenvalue weighted by Crippen LogP contribution is -2.53. The summed E-state index contributed by atoms with van der Waals surface area (Å²) < 4.78 is 23.1. The van der Waals surface area contributed by atoms with Crippen molar-refractivity contribution < 1.29 is 28.5 Å². The number of ether oxygens (including phenoxy) is 4. The maximum absolute atomic E-state index is 12.8. The number of carbonyl (C=O) groups is 2. The highest BCUT2D eigenvalue weighted by atomic mass is 16.5. The summed E-state index contributed by atoms with van der Waals surface area (Å²) in [6.07, 6.45) is 4.01. The first kappa shape index (κ1) is 17.4. The van der Waals surface area contributed by atoms with Crippen LogP contribution in [0.5, 0.6) is 17.2 Å². The van der Waals surface area contributed by atoms with Gasteiger partial charge in [0, 0.05) is 42.9 Å². The fourth-order valence-corrected chi connectivity index (χ4v) is 5.11. The molecule has 3 amide bonds.